The summed E-state index contributed by atoms with van der Waals surface area (Å²) >= 11 is 9.73. The van der Waals surface area contributed by atoms with Crippen LogP contribution in [0.1, 0.15) is 18.1 Å². The molecule has 2 aromatic carbocycles. The van der Waals surface area contributed by atoms with Gasteiger partial charge in [-0.1, -0.05) is 41.9 Å². The van der Waals surface area contributed by atoms with Crippen molar-refractivity contribution in [3.05, 3.63) is 63.1 Å². The van der Waals surface area contributed by atoms with Crippen molar-refractivity contribution in [3.63, 3.8) is 0 Å². The maximum Gasteiger partial charge on any atom is 0.153 e. The first-order valence-corrected chi connectivity index (χ1v) is 7.69. The summed E-state index contributed by atoms with van der Waals surface area (Å²) in [6, 6.07) is 13.7. The SMILES string of the molecule is CC(N)[C@@]1(c2ccccc2)Cc2c(ccc(Cl)c2Br)O1. The molecule has 0 saturated heterocycles. The molecule has 3 rings (SSSR count). The third-order valence-corrected chi connectivity index (χ3v) is 5.33. The van der Waals surface area contributed by atoms with Crippen molar-refractivity contribution in [3.8, 4) is 5.75 Å². The summed E-state index contributed by atoms with van der Waals surface area (Å²) in [6.07, 6.45) is 0.713. The first-order chi connectivity index (χ1) is 9.54. The summed E-state index contributed by atoms with van der Waals surface area (Å²) in [5.74, 6) is 0.849. The lowest BCUT2D eigenvalue weighted by Crippen LogP contribution is -2.47. The second-order valence-electron chi connectivity index (χ2n) is 5.16. The van der Waals surface area contributed by atoms with Gasteiger partial charge in [-0.3, -0.25) is 0 Å². The maximum atomic E-state index is 6.26. The summed E-state index contributed by atoms with van der Waals surface area (Å²) in [5.41, 5.74) is 7.90. The van der Waals surface area contributed by atoms with Crippen molar-refractivity contribution >= 4 is 27.5 Å². The highest BCUT2D eigenvalue weighted by Gasteiger charge is 2.45. The molecule has 0 aliphatic carbocycles. The van der Waals surface area contributed by atoms with Crippen LogP contribution < -0.4 is 10.5 Å². The normalized spacial score (nSPS) is 22.2. The number of hydrogen-bond acceptors (Lipinski definition) is 2. The predicted octanol–water partition coefficient (Wildman–Crippen LogP) is 4.28. The summed E-state index contributed by atoms with van der Waals surface area (Å²) in [7, 11) is 0. The zero-order valence-corrected chi connectivity index (χ0v) is 13.4. The molecule has 4 heteroatoms. The van der Waals surface area contributed by atoms with Gasteiger partial charge in [-0.15, -0.1) is 0 Å². The van der Waals surface area contributed by atoms with Crippen molar-refractivity contribution in [1.82, 2.24) is 0 Å². The van der Waals surface area contributed by atoms with Crippen LogP contribution in [0.4, 0.5) is 0 Å². The van der Waals surface area contributed by atoms with Gasteiger partial charge in [0.25, 0.3) is 0 Å². The zero-order valence-electron chi connectivity index (χ0n) is 11.1. The van der Waals surface area contributed by atoms with E-state index in [9.17, 15) is 0 Å². The standard InChI is InChI=1S/C16H15BrClNO/c1-10(19)16(11-5-3-2-4-6-11)9-12-14(20-16)8-7-13(18)15(12)17/h2-8,10H,9,19H2,1H3/t10?,16-/m1/s1. The van der Waals surface area contributed by atoms with E-state index in [1.54, 1.807) is 0 Å². The van der Waals surface area contributed by atoms with Crippen molar-refractivity contribution in [2.24, 2.45) is 5.73 Å². The molecule has 104 valence electrons. The number of benzene rings is 2. The van der Waals surface area contributed by atoms with Crippen LogP contribution in [0.2, 0.25) is 5.02 Å². The van der Waals surface area contributed by atoms with Crippen LogP contribution in [0, 0.1) is 0 Å². The molecule has 0 radical (unpaired) electrons. The quantitative estimate of drug-likeness (QED) is 0.875. The van der Waals surface area contributed by atoms with Crippen LogP contribution in [0.15, 0.2) is 46.9 Å². The van der Waals surface area contributed by atoms with E-state index in [2.05, 4.69) is 28.1 Å². The minimum Gasteiger partial charge on any atom is -0.480 e. The molecule has 0 saturated carbocycles. The molecule has 0 fully saturated rings. The first kappa shape index (κ1) is 13.9. The Morgan fingerprint density at radius 2 is 1.95 bits per heavy atom. The highest BCUT2D eigenvalue weighted by Crippen LogP contribution is 2.47. The van der Waals surface area contributed by atoms with Gasteiger partial charge in [0.15, 0.2) is 5.60 Å². The van der Waals surface area contributed by atoms with Gasteiger partial charge in [-0.2, -0.15) is 0 Å². The molecular formula is C16H15BrClNO. The molecule has 2 atom stereocenters. The highest BCUT2D eigenvalue weighted by atomic mass is 79.9. The monoisotopic (exact) mass is 351 g/mol. The second kappa shape index (κ2) is 5.06. The van der Waals surface area contributed by atoms with Crippen LogP contribution in [-0.4, -0.2) is 6.04 Å². The fourth-order valence-electron chi connectivity index (χ4n) is 2.73. The van der Waals surface area contributed by atoms with E-state index in [1.807, 2.05) is 37.3 Å². The van der Waals surface area contributed by atoms with Gasteiger partial charge < -0.3 is 10.5 Å². The topological polar surface area (TPSA) is 35.2 Å². The molecule has 20 heavy (non-hydrogen) atoms. The van der Waals surface area contributed by atoms with Gasteiger partial charge >= 0.3 is 0 Å². The number of fused-ring (bicyclic) bond motifs is 1. The molecule has 0 spiro atoms. The highest BCUT2D eigenvalue weighted by molar-refractivity contribution is 9.10. The number of halogens is 2. The Kier molecular flexibility index (Phi) is 3.53. The summed E-state index contributed by atoms with van der Waals surface area (Å²) in [6.45, 7) is 1.98. The average molecular weight is 353 g/mol. The average Bonchev–Trinajstić information content (AvgIpc) is 2.86. The molecule has 1 aliphatic rings. The minimum atomic E-state index is -0.531. The van der Waals surface area contributed by atoms with E-state index >= 15 is 0 Å². The van der Waals surface area contributed by atoms with Gasteiger partial charge in [0.1, 0.15) is 5.75 Å². The number of nitrogens with two attached hydrogens (primary N) is 1. The molecule has 1 unspecified atom stereocenters. The van der Waals surface area contributed by atoms with Gasteiger partial charge in [0.05, 0.1) is 5.02 Å². The Morgan fingerprint density at radius 3 is 2.60 bits per heavy atom. The van der Waals surface area contributed by atoms with Crippen LogP contribution in [0.3, 0.4) is 0 Å². The van der Waals surface area contributed by atoms with E-state index in [0.717, 1.165) is 21.3 Å². The smallest absolute Gasteiger partial charge is 0.153 e. The van der Waals surface area contributed by atoms with E-state index in [1.165, 1.54) is 0 Å². The second-order valence-corrected chi connectivity index (χ2v) is 6.36. The van der Waals surface area contributed by atoms with E-state index in [0.29, 0.717) is 11.4 Å². The molecule has 0 bridgehead atoms. The summed E-state index contributed by atoms with van der Waals surface area (Å²) < 4.78 is 7.16. The zero-order chi connectivity index (χ0) is 14.3. The van der Waals surface area contributed by atoms with Crippen molar-refractivity contribution in [2.45, 2.75) is 25.0 Å². The molecule has 2 aromatic rings. The molecular weight excluding hydrogens is 338 g/mol. The Hall–Kier alpha value is -1.03. The fraction of sp³-hybridized carbons (Fsp3) is 0.250. The van der Waals surface area contributed by atoms with E-state index in [-0.39, 0.29) is 6.04 Å². The molecule has 2 nitrogen and oxygen atoms in total. The minimum absolute atomic E-state index is 0.136. The lowest BCUT2D eigenvalue weighted by Gasteiger charge is -2.33. The van der Waals surface area contributed by atoms with E-state index in [4.69, 9.17) is 22.1 Å². The molecule has 2 N–H and O–H groups in total. The number of rotatable bonds is 2. The summed E-state index contributed by atoms with van der Waals surface area (Å²) in [4.78, 5) is 0. The summed E-state index contributed by atoms with van der Waals surface area (Å²) in [5, 5.41) is 0.695. The first-order valence-electron chi connectivity index (χ1n) is 6.51. The number of ether oxygens (including phenoxy) is 1. The number of hydrogen-bond donors (Lipinski definition) is 1. The van der Waals surface area contributed by atoms with Gasteiger partial charge in [0, 0.05) is 22.5 Å². The van der Waals surface area contributed by atoms with E-state index < -0.39 is 5.60 Å². The lowest BCUT2D eigenvalue weighted by molar-refractivity contribution is 0.0686. The Bertz CT molecular complexity index is 644. The lowest BCUT2D eigenvalue weighted by atomic mass is 9.84. The van der Waals surface area contributed by atoms with Gasteiger partial charge in [0.2, 0.25) is 0 Å². The Labute approximate surface area is 132 Å². The fourth-order valence-corrected chi connectivity index (χ4v) is 3.37. The predicted molar refractivity (Wildman–Crippen MR) is 85.3 cm³/mol. The van der Waals surface area contributed by atoms with Crippen LogP contribution >= 0.6 is 27.5 Å². The molecule has 1 heterocycles. The van der Waals surface area contributed by atoms with Crippen molar-refractivity contribution in [1.29, 1.82) is 0 Å². The largest absolute Gasteiger partial charge is 0.480 e. The van der Waals surface area contributed by atoms with Crippen molar-refractivity contribution < 1.29 is 4.74 Å². The van der Waals surface area contributed by atoms with Gasteiger partial charge in [-0.25, -0.2) is 0 Å². The van der Waals surface area contributed by atoms with Gasteiger partial charge in [-0.05, 0) is 40.5 Å². The Morgan fingerprint density at radius 1 is 1.25 bits per heavy atom. The Balaban J connectivity index is 2.12. The molecule has 1 aliphatic heterocycles. The molecule has 0 amide bonds. The maximum absolute atomic E-state index is 6.26. The molecule has 0 aromatic heterocycles. The third kappa shape index (κ3) is 2.05. The third-order valence-electron chi connectivity index (χ3n) is 3.88. The van der Waals surface area contributed by atoms with Crippen LogP contribution in [0.5, 0.6) is 5.75 Å². The van der Waals surface area contributed by atoms with Crippen LogP contribution in [0.25, 0.3) is 0 Å². The van der Waals surface area contributed by atoms with Crippen LogP contribution in [-0.2, 0) is 12.0 Å². The van der Waals surface area contributed by atoms with Crippen molar-refractivity contribution in [2.75, 3.05) is 0 Å².